The van der Waals surface area contributed by atoms with Crippen LogP contribution in [-0.2, 0) is 4.74 Å². The largest absolute Gasteiger partial charge is 0.393 e. The van der Waals surface area contributed by atoms with Gasteiger partial charge in [-0.05, 0) is 49.4 Å². The van der Waals surface area contributed by atoms with Crippen LogP contribution in [0, 0.1) is 10.8 Å². The maximum atomic E-state index is 9.49. The number of hydrogen-bond acceptors (Lipinski definition) is 2. The number of unbranched alkanes of at least 4 members (excludes halogenated alkanes) is 6. The van der Waals surface area contributed by atoms with Crippen molar-refractivity contribution in [2.45, 2.75) is 124 Å². The van der Waals surface area contributed by atoms with Crippen LogP contribution < -0.4 is 0 Å². The SMILES string of the molecule is CC(C)(C)C(C)(C)CCCCCCCCCOC1CCC(O)CC1. The summed E-state index contributed by atoms with van der Waals surface area (Å²) < 4.78 is 5.93. The molecule has 0 heterocycles. The van der Waals surface area contributed by atoms with Gasteiger partial charge in [0, 0.05) is 6.61 Å². The average Bonchev–Trinajstić information content (AvgIpc) is 2.49. The van der Waals surface area contributed by atoms with Gasteiger partial charge in [0.25, 0.3) is 0 Å². The third-order valence-corrected chi connectivity index (χ3v) is 6.47. The zero-order valence-electron chi connectivity index (χ0n) is 17.2. The molecule has 0 radical (unpaired) electrons. The van der Waals surface area contributed by atoms with Gasteiger partial charge in [0.2, 0.25) is 0 Å². The van der Waals surface area contributed by atoms with Crippen molar-refractivity contribution in [2.75, 3.05) is 6.61 Å². The fourth-order valence-corrected chi connectivity index (χ4v) is 3.39. The van der Waals surface area contributed by atoms with Crippen LogP contribution in [0.2, 0.25) is 0 Å². The molecule has 0 spiro atoms. The van der Waals surface area contributed by atoms with Gasteiger partial charge in [-0.3, -0.25) is 0 Å². The van der Waals surface area contributed by atoms with E-state index in [4.69, 9.17) is 4.74 Å². The highest BCUT2D eigenvalue weighted by atomic mass is 16.5. The lowest BCUT2D eigenvalue weighted by molar-refractivity contribution is -0.00447. The van der Waals surface area contributed by atoms with Crippen LogP contribution in [0.3, 0.4) is 0 Å². The van der Waals surface area contributed by atoms with E-state index in [0.29, 0.717) is 16.9 Å². The summed E-state index contributed by atoms with van der Waals surface area (Å²) >= 11 is 0. The van der Waals surface area contributed by atoms with Gasteiger partial charge < -0.3 is 9.84 Å². The molecule has 2 nitrogen and oxygen atoms in total. The van der Waals surface area contributed by atoms with Gasteiger partial charge in [0.05, 0.1) is 12.2 Å². The number of ether oxygens (including phenoxy) is 1. The predicted molar refractivity (Wildman–Crippen MR) is 104 cm³/mol. The summed E-state index contributed by atoms with van der Waals surface area (Å²) in [5.74, 6) is 0. The first kappa shape index (κ1) is 22.0. The number of aliphatic hydroxyl groups is 1. The second-order valence-corrected chi connectivity index (χ2v) is 9.66. The first-order chi connectivity index (χ1) is 11.2. The van der Waals surface area contributed by atoms with Crippen LogP contribution in [0.1, 0.15) is 112 Å². The highest BCUT2D eigenvalue weighted by Gasteiger charge is 2.31. The van der Waals surface area contributed by atoms with E-state index in [1.807, 2.05) is 0 Å². The van der Waals surface area contributed by atoms with Crippen molar-refractivity contribution in [2.24, 2.45) is 10.8 Å². The molecule has 0 aromatic heterocycles. The Bertz CT molecular complexity index is 308. The van der Waals surface area contributed by atoms with E-state index < -0.39 is 0 Å². The van der Waals surface area contributed by atoms with Gasteiger partial charge in [-0.25, -0.2) is 0 Å². The molecule has 1 aliphatic carbocycles. The summed E-state index contributed by atoms with van der Waals surface area (Å²) in [4.78, 5) is 0. The maximum absolute atomic E-state index is 9.49. The lowest BCUT2D eigenvalue weighted by atomic mass is 9.67. The maximum Gasteiger partial charge on any atom is 0.0577 e. The molecule has 1 aliphatic rings. The molecule has 0 bridgehead atoms. The van der Waals surface area contributed by atoms with Gasteiger partial charge in [0.15, 0.2) is 0 Å². The summed E-state index contributed by atoms with van der Waals surface area (Å²) in [5.41, 5.74) is 0.850. The minimum absolute atomic E-state index is 0.0705. The van der Waals surface area contributed by atoms with Crippen LogP contribution in [-0.4, -0.2) is 23.9 Å². The van der Waals surface area contributed by atoms with Crippen LogP contribution in [0.25, 0.3) is 0 Å². The zero-order valence-corrected chi connectivity index (χ0v) is 17.2. The summed E-state index contributed by atoms with van der Waals surface area (Å²) in [6.07, 6.45) is 15.0. The van der Waals surface area contributed by atoms with Gasteiger partial charge in [0.1, 0.15) is 0 Å². The Labute approximate surface area is 151 Å². The molecular formula is C22H44O2. The molecule has 1 rings (SSSR count). The molecule has 0 atom stereocenters. The number of aliphatic hydroxyl groups excluding tert-OH is 1. The lowest BCUT2D eigenvalue weighted by Gasteiger charge is -2.39. The smallest absolute Gasteiger partial charge is 0.0577 e. The number of rotatable bonds is 11. The minimum atomic E-state index is -0.0705. The van der Waals surface area contributed by atoms with E-state index in [-0.39, 0.29) is 6.10 Å². The molecule has 0 aromatic rings. The van der Waals surface area contributed by atoms with Gasteiger partial charge in [-0.2, -0.15) is 0 Å². The van der Waals surface area contributed by atoms with Gasteiger partial charge >= 0.3 is 0 Å². The monoisotopic (exact) mass is 340 g/mol. The van der Waals surface area contributed by atoms with Crippen LogP contribution >= 0.6 is 0 Å². The Morgan fingerprint density at radius 2 is 1.25 bits per heavy atom. The lowest BCUT2D eigenvalue weighted by Crippen LogP contribution is -2.29. The molecular weight excluding hydrogens is 296 g/mol. The summed E-state index contributed by atoms with van der Waals surface area (Å²) in [6, 6.07) is 0. The van der Waals surface area contributed by atoms with Crippen molar-refractivity contribution in [3.05, 3.63) is 0 Å². The summed E-state index contributed by atoms with van der Waals surface area (Å²) in [5, 5.41) is 9.49. The molecule has 0 unspecified atom stereocenters. The Morgan fingerprint density at radius 3 is 1.79 bits per heavy atom. The molecule has 0 aliphatic heterocycles. The van der Waals surface area contributed by atoms with Crippen molar-refractivity contribution in [3.8, 4) is 0 Å². The summed E-state index contributed by atoms with van der Waals surface area (Å²) in [7, 11) is 0. The van der Waals surface area contributed by atoms with E-state index in [1.165, 1.54) is 51.4 Å². The fraction of sp³-hybridized carbons (Fsp3) is 1.00. The van der Waals surface area contributed by atoms with E-state index in [9.17, 15) is 5.11 Å². The summed E-state index contributed by atoms with van der Waals surface area (Å²) in [6.45, 7) is 12.8. The molecule has 1 saturated carbocycles. The predicted octanol–water partition coefficient (Wildman–Crippen LogP) is 6.50. The quantitative estimate of drug-likeness (QED) is 0.435. The topological polar surface area (TPSA) is 29.5 Å². The average molecular weight is 341 g/mol. The molecule has 24 heavy (non-hydrogen) atoms. The number of hydrogen-bond donors (Lipinski definition) is 1. The first-order valence-corrected chi connectivity index (χ1v) is 10.5. The molecule has 0 amide bonds. The minimum Gasteiger partial charge on any atom is -0.393 e. The van der Waals surface area contributed by atoms with Crippen molar-refractivity contribution in [1.82, 2.24) is 0 Å². The standard InChI is InChI=1S/C22H44O2/c1-21(2,3)22(4,5)17-11-9-7-6-8-10-12-18-24-20-15-13-19(23)14-16-20/h19-20,23H,6-18H2,1-5H3. The van der Waals surface area contributed by atoms with Gasteiger partial charge in [-0.1, -0.05) is 73.1 Å². The Kier molecular flexibility index (Phi) is 9.89. The van der Waals surface area contributed by atoms with E-state index in [1.54, 1.807) is 0 Å². The Balaban J connectivity index is 1.87. The molecule has 144 valence electrons. The molecule has 1 fully saturated rings. The first-order valence-electron chi connectivity index (χ1n) is 10.5. The van der Waals surface area contributed by atoms with Crippen LogP contribution in [0.5, 0.6) is 0 Å². The third kappa shape index (κ3) is 8.85. The second-order valence-electron chi connectivity index (χ2n) is 9.66. The third-order valence-electron chi connectivity index (χ3n) is 6.47. The van der Waals surface area contributed by atoms with Crippen molar-refractivity contribution < 1.29 is 9.84 Å². The molecule has 2 heteroatoms. The fourth-order valence-electron chi connectivity index (χ4n) is 3.39. The van der Waals surface area contributed by atoms with Crippen LogP contribution in [0.15, 0.2) is 0 Å². The van der Waals surface area contributed by atoms with Crippen molar-refractivity contribution in [3.63, 3.8) is 0 Å². The molecule has 0 aromatic carbocycles. The van der Waals surface area contributed by atoms with Gasteiger partial charge in [-0.15, -0.1) is 0 Å². The second kappa shape index (κ2) is 10.8. The van der Waals surface area contributed by atoms with Crippen molar-refractivity contribution in [1.29, 1.82) is 0 Å². The zero-order chi connectivity index (χ0) is 18.1. The molecule has 1 N–H and O–H groups in total. The Hall–Kier alpha value is -0.0800. The van der Waals surface area contributed by atoms with E-state index >= 15 is 0 Å². The van der Waals surface area contributed by atoms with E-state index in [2.05, 4.69) is 34.6 Å². The molecule has 0 saturated heterocycles. The normalized spacial score (nSPS) is 22.8. The highest BCUT2D eigenvalue weighted by Crippen LogP contribution is 2.41. The highest BCUT2D eigenvalue weighted by molar-refractivity contribution is 4.82. The van der Waals surface area contributed by atoms with E-state index in [0.717, 1.165) is 32.3 Å². The van der Waals surface area contributed by atoms with Crippen LogP contribution in [0.4, 0.5) is 0 Å². The Morgan fingerprint density at radius 1 is 0.750 bits per heavy atom. The van der Waals surface area contributed by atoms with Crippen molar-refractivity contribution >= 4 is 0 Å².